The van der Waals surface area contributed by atoms with E-state index in [4.69, 9.17) is 11.5 Å². The van der Waals surface area contributed by atoms with Crippen molar-refractivity contribution in [2.75, 3.05) is 0 Å². The summed E-state index contributed by atoms with van der Waals surface area (Å²) in [5.41, 5.74) is 10.8. The van der Waals surface area contributed by atoms with E-state index in [0.29, 0.717) is 0 Å². The number of guanidine groups is 1. The first-order valence-electron chi connectivity index (χ1n) is 7.50. The molecule has 7 N–H and O–H groups in total. The third-order valence-corrected chi connectivity index (χ3v) is 3.74. The van der Waals surface area contributed by atoms with Crippen molar-refractivity contribution < 1.29 is 19.5 Å². The average Bonchev–Trinajstić information content (AvgIpc) is 2.77. The number of nitrogens with one attached hydrogen (secondary N) is 2. The molecule has 23 heavy (non-hydrogen) atoms. The fourth-order valence-electron chi connectivity index (χ4n) is 2.91. The molecule has 2 unspecified atom stereocenters. The number of aliphatic imine (C=N–C) groups is 1. The van der Waals surface area contributed by atoms with Crippen LogP contribution in [0.2, 0.25) is 0 Å². The van der Waals surface area contributed by atoms with Crippen LogP contribution >= 0.6 is 0 Å². The third-order valence-electron chi connectivity index (χ3n) is 3.74. The maximum absolute atomic E-state index is 12.4. The molecule has 1 rings (SSSR count). The minimum Gasteiger partial charge on any atom is -0.481 e. The topological polar surface area (TPSA) is 160 Å². The number of nitrogens with two attached hydrogens (primary N) is 2. The number of hydrogen-bond acceptors (Lipinski definition) is 4. The van der Waals surface area contributed by atoms with E-state index < -0.39 is 29.9 Å². The first-order valence-corrected chi connectivity index (χ1v) is 7.50. The van der Waals surface area contributed by atoms with Crippen molar-refractivity contribution in [2.24, 2.45) is 28.3 Å². The fourth-order valence-corrected chi connectivity index (χ4v) is 2.91. The van der Waals surface area contributed by atoms with E-state index in [-0.39, 0.29) is 36.7 Å². The largest absolute Gasteiger partial charge is 0.481 e. The number of nitrogens with zero attached hydrogens (tertiary/aromatic N) is 1. The van der Waals surface area contributed by atoms with Crippen LogP contribution in [0.25, 0.3) is 0 Å². The molecule has 1 aliphatic rings. The Bertz CT molecular complexity index is 501. The lowest BCUT2D eigenvalue weighted by atomic mass is 9.92. The van der Waals surface area contributed by atoms with Gasteiger partial charge in [0.25, 0.3) is 0 Å². The number of rotatable bonds is 6. The smallest absolute Gasteiger partial charge is 0.306 e. The summed E-state index contributed by atoms with van der Waals surface area (Å²) in [5, 5.41) is 14.6. The summed E-state index contributed by atoms with van der Waals surface area (Å²) in [4.78, 5) is 39.2. The highest BCUT2D eigenvalue weighted by Gasteiger charge is 2.44. The highest BCUT2D eigenvalue weighted by molar-refractivity contribution is 5.87. The predicted octanol–water partition coefficient (Wildman–Crippen LogP) is -1.23. The van der Waals surface area contributed by atoms with Crippen molar-refractivity contribution in [3.8, 4) is 0 Å². The van der Waals surface area contributed by atoms with Gasteiger partial charge in [0.05, 0.1) is 12.0 Å². The molecule has 4 atom stereocenters. The van der Waals surface area contributed by atoms with Crippen molar-refractivity contribution >= 4 is 23.7 Å². The second-order valence-electron chi connectivity index (χ2n) is 6.13. The molecule has 0 aliphatic heterocycles. The monoisotopic (exact) mass is 327 g/mol. The molecule has 1 saturated carbocycles. The molecule has 0 bridgehead atoms. The minimum atomic E-state index is -0.964. The molecule has 0 aromatic heterocycles. The molecule has 0 radical (unpaired) electrons. The standard InChI is InChI=1S/C14H25N5O4/c1-6(2)17-12(21)11(18-7(3)20)9-4-8(13(22)23)5-10(9)19-14(15)16/h6,8-11H,4-5H2,1-3H3,(H,17,21)(H,18,20)(H,22,23)(H4,15,16,19)/t8?,9-,10-,11?/m0/s1. The van der Waals surface area contributed by atoms with Gasteiger partial charge in [-0.2, -0.15) is 0 Å². The van der Waals surface area contributed by atoms with E-state index in [1.807, 2.05) is 0 Å². The van der Waals surface area contributed by atoms with Crippen LogP contribution < -0.4 is 22.1 Å². The van der Waals surface area contributed by atoms with Gasteiger partial charge in [0.2, 0.25) is 11.8 Å². The molecule has 0 aromatic carbocycles. The van der Waals surface area contributed by atoms with E-state index in [2.05, 4.69) is 15.6 Å². The Morgan fingerprint density at radius 3 is 2.22 bits per heavy atom. The Morgan fingerprint density at radius 1 is 1.17 bits per heavy atom. The number of amides is 2. The summed E-state index contributed by atoms with van der Waals surface area (Å²) in [5.74, 6) is -3.03. The summed E-state index contributed by atoms with van der Waals surface area (Å²) >= 11 is 0. The van der Waals surface area contributed by atoms with Crippen LogP contribution in [0.5, 0.6) is 0 Å². The number of carbonyl (C=O) groups is 3. The quantitative estimate of drug-likeness (QED) is 0.303. The lowest BCUT2D eigenvalue weighted by Gasteiger charge is -2.27. The molecule has 2 amide bonds. The molecule has 1 aliphatic carbocycles. The maximum Gasteiger partial charge on any atom is 0.306 e. The molecule has 0 spiro atoms. The van der Waals surface area contributed by atoms with Gasteiger partial charge < -0.3 is 27.2 Å². The Hall–Kier alpha value is -2.32. The van der Waals surface area contributed by atoms with E-state index in [1.54, 1.807) is 13.8 Å². The summed E-state index contributed by atoms with van der Waals surface area (Å²) in [6, 6.07) is -1.53. The van der Waals surface area contributed by atoms with Crippen molar-refractivity contribution in [2.45, 2.75) is 51.7 Å². The van der Waals surface area contributed by atoms with E-state index in [0.717, 1.165) is 0 Å². The van der Waals surface area contributed by atoms with Gasteiger partial charge in [-0.3, -0.25) is 14.4 Å². The van der Waals surface area contributed by atoms with Gasteiger partial charge in [0, 0.05) is 18.9 Å². The Labute approximate surface area is 134 Å². The first-order chi connectivity index (χ1) is 10.6. The van der Waals surface area contributed by atoms with E-state index in [9.17, 15) is 19.5 Å². The van der Waals surface area contributed by atoms with Gasteiger partial charge in [-0.1, -0.05) is 0 Å². The Morgan fingerprint density at radius 2 is 1.78 bits per heavy atom. The highest BCUT2D eigenvalue weighted by Crippen LogP contribution is 2.36. The van der Waals surface area contributed by atoms with Gasteiger partial charge in [-0.25, -0.2) is 4.99 Å². The average molecular weight is 327 g/mol. The number of carboxylic acids is 1. The Kier molecular flexibility index (Phi) is 6.35. The SMILES string of the molecule is CC(=O)NC(C(=O)NC(C)C)[C@H]1CC(C(=O)O)C[C@@H]1N=C(N)N. The number of hydrogen-bond donors (Lipinski definition) is 5. The van der Waals surface area contributed by atoms with Crippen LogP contribution in [0.1, 0.15) is 33.6 Å². The predicted molar refractivity (Wildman–Crippen MR) is 84.3 cm³/mol. The zero-order valence-corrected chi connectivity index (χ0v) is 13.6. The Balaban J connectivity index is 3.08. The summed E-state index contributed by atoms with van der Waals surface area (Å²) in [6.45, 7) is 4.89. The van der Waals surface area contributed by atoms with Crippen molar-refractivity contribution in [1.82, 2.24) is 10.6 Å². The molecule has 0 heterocycles. The fraction of sp³-hybridized carbons (Fsp3) is 0.714. The zero-order valence-electron chi connectivity index (χ0n) is 13.6. The zero-order chi connectivity index (χ0) is 17.7. The summed E-state index contributed by atoms with van der Waals surface area (Å²) < 4.78 is 0. The molecular formula is C14H25N5O4. The number of carboxylic acid groups (broad SMARTS) is 1. The molecule has 0 saturated heterocycles. The first kappa shape index (κ1) is 18.7. The summed E-state index contributed by atoms with van der Waals surface area (Å²) in [6.07, 6.45) is 0.441. The van der Waals surface area contributed by atoms with Gasteiger partial charge in [-0.05, 0) is 26.7 Å². The number of carbonyl (C=O) groups excluding carboxylic acids is 2. The number of aliphatic carboxylic acids is 1. The lowest BCUT2D eigenvalue weighted by Crippen LogP contribution is -2.53. The van der Waals surface area contributed by atoms with Gasteiger partial charge in [0.1, 0.15) is 6.04 Å². The van der Waals surface area contributed by atoms with Crippen LogP contribution in [0.15, 0.2) is 4.99 Å². The summed E-state index contributed by atoms with van der Waals surface area (Å²) in [7, 11) is 0. The van der Waals surface area contributed by atoms with E-state index >= 15 is 0 Å². The third kappa shape index (κ3) is 5.42. The van der Waals surface area contributed by atoms with Crippen molar-refractivity contribution in [1.29, 1.82) is 0 Å². The molecule has 130 valence electrons. The molecule has 9 nitrogen and oxygen atoms in total. The lowest BCUT2D eigenvalue weighted by molar-refractivity contribution is -0.141. The van der Waals surface area contributed by atoms with Crippen molar-refractivity contribution in [3.63, 3.8) is 0 Å². The van der Waals surface area contributed by atoms with Crippen LogP contribution in [-0.4, -0.2) is 47.0 Å². The molecule has 1 fully saturated rings. The molecular weight excluding hydrogens is 302 g/mol. The molecule has 9 heteroatoms. The van der Waals surface area contributed by atoms with Crippen LogP contribution in [0.3, 0.4) is 0 Å². The van der Waals surface area contributed by atoms with Gasteiger partial charge >= 0.3 is 5.97 Å². The normalized spacial score (nSPS) is 24.8. The van der Waals surface area contributed by atoms with Crippen LogP contribution in [0, 0.1) is 11.8 Å². The highest BCUT2D eigenvalue weighted by atomic mass is 16.4. The van der Waals surface area contributed by atoms with Gasteiger partial charge in [0.15, 0.2) is 5.96 Å². The maximum atomic E-state index is 12.4. The van der Waals surface area contributed by atoms with Crippen LogP contribution in [0.4, 0.5) is 0 Å². The van der Waals surface area contributed by atoms with Crippen LogP contribution in [-0.2, 0) is 14.4 Å². The van der Waals surface area contributed by atoms with Crippen molar-refractivity contribution in [3.05, 3.63) is 0 Å². The second kappa shape index (κ2) is 7.80. The van der Waals surface area contributed by atoms with Gasteiger partial charge in [-0.15, -0.1) is 0 Å². The minimum absolute atomic E-state index is 0.114. The second-order valence-corrected chi connectivity index (χ2v) is 6.13. The van der Waals surface area contributed by atoms with E-state index in [1.165, 1.54) is 6.92 Å². The molecule has 0 aromatic rings.